The third-order valence-electron chi connectivity index (χ3n) is 7.81. The van der Waals surface area contributed by atoms with Gasteiger partial charge in [0, 0.05) is 13.1 Å². The van der Waals surface area contributed by atoms with Crippen LogP contribution in [-0.4, -0.2) is 89.4 Å². The number of hydrogen-bond acceptors (Lipinski definition) is 8. The Bertz CT molecular complexity index is 1170. The lowest BCUT2D eigenvalue weighted by atomic mass is 10.0. The van der Waals surface area contributed by atoms with Crippen LogP contribution in [-0.2, 0) is 30.5 Å². The molecule has 1 aliphatic rings. The molecular formula is C34H55N5O8. The van der Waals surface area contributed by atoms with Crippen LogP contribution in [0.25, 0.3) is 0 Å². The molecule has 1 heterocycles. The molecule has 0 aromatic heterocycles. The van der Waals surface area contributed by atoms with E-state index in [1.54, 1.807) is 34.6 Å². The van der Waals surface area contributed by atoms with Crippen LogP contribution in [0.2, 0.25) is 0 Å². The number of carbonyl (C=O) groups is 5. The van der Waals surface area contributed by atoms with Crippen molar-refractivity contribution in [1.29, 1.82) is 0 Å². The van der Waals surface area contributed by atoms with Gasteiger partial charge < -0.3 is 40.7 Å². The summed E-state index contributed by atoms with van der Waals surface area (Å²) in [5, 5.41) is 20.7. The van der Waals surface area contributed by atoms with E-state index in [0.717, 1.165) is 5.56 Å². The Kier molecular flexibility index (Phi) is 16.0. The number of rotatable bonds is 16. The summed E-state index contributed by atoms with van der Waals surface area (Å²) in [6.45, 7) is 13.1. The van der Waals surface area contributed by atoms with Crippen molar-refractivity contribution in [3.63, 3.8) is 0 Å². The summed E-state index contributed by atoms with van der Waals surface area (Å²) in [6, 6.07) is 6.20. The minimum atomic E-state index is -1.02. The number of nitrogens with one attached hydrogen (secondary N) is 4. The van der Waals surface area contributed by atoms with E-state index in [-0.39, 0.29) is 43.3 Å². The van der Waals surface area contributed by atoms with Gasteiger partial charge in [-0.2, -0.15) is 0 Å². The number of ether oxygens (including phenoxy) is 2. The summed E-state index contributed by atoms with van der Waals surface area (Å²) >= 11 is 0. The summed E-state index contributed by atoms with van der Waals surface area (Å²) in [4.78, 5) is 66.7. The Morgan fingerprint density at radius 1 is 0.936 bits per heavy atom. The van der Waals surface area contributed by atoms with E-state index in [1.807, 2.05) is 44.2 Å². The number of aliphatic hydroxyl groups is 1. The smallest absolute Gasteiger partial charge is 0.408 e. The van der Waals surface area contributed by atoms with Crippen LogP contribution in [0.4, 0.5) is 9.59 Å². The molecule has 5 N–H and O–H groups in total. The Morgan fingerprint density at radius 2 is 1.62 bits per heavy atom. The molecule has 47 heavy (non-hydrogen) atoms. The van der Waals surface area contributed by atoms with E-state index in [4.69, 9.17) is 9.47 Å². The number of nitrogens with zero attached hydrogens (tertiary/aromatic N) is 1. The SMILES string of the molecule is CC(C)[C@H](NC(=O)[C@H](CCCCNC(=O)OCc1ccccc1)NC(=O)OC(C)(C)C)C(=O)N1CCC[C@H]1C(=O)N[C@H](CO)C(C)C. The van der Waals surface area contributed by atoms with Gasteiger partial charge in [0.1, 0.15) is 30.3 Å². The van der Waals surface area contributed by atoms with Gasteiger partial charge in [0.25, 0.3) is 0 Å². The summed E-state index contributed by atoms with van der Waals surface area (Å²) in [5.41, 5.74) is 0.0783. The average molecular weight is 662 g/mol. The number of hydrogen-bond donors (Lipinski definition) is 5. The molecule has 264 valence electrons. The van der Waals surface area contributed by atoms with Gasteiger partial charge >= 0.3 is 12.2 Å². The third kappa shape index (κ3) is 13.8. The minimum absolute atomic E-state index is 0.0100. The second kappa shape index (κ2) is 19.1. The normalized spacial score (nSPS) is 16.6. The fourth-order valence-corrected chi connectivity index (χ4v) is 5.11. The van der Waals surface area contributed by atoms with Gasteiger partial charge in [-0.25, -0.2) is 9.59 Å². The van der Waals surface area contributed by atoms with Gasteiger partial charge in [-0.3, -0.25) is 14.4 Å². The maximum atomic E-state index is 13.8. The lowest BCUT2D eigenvalue weighted by Gasteiger charge is -2.32. The van der Waals surface area contributed by atoms with E-state index in [9.17, 15) is 29.1 Å². The third-order valence-corrected chi connectivity index (χ3v) is 7.81. The van der Waals surface area contributed by atoms with E-state index < -0.39 is 47.9 Å². The number of amides is 5. The van der Waals surface area contributed by atoms with Gasteiger partial charge in [-0.15, -0.1) is 0 Å². The van der Waals surface area contributed by atoms with Crippen molar-refractivity contribution in [3.05, 3.63) is 35.9 Å². The number of likely N-dealkylation sites (tertiary alicyclic amines) is 1. The molecule has 4 atom stereocenters. The molecule has 0 bridgehead atoms. The number of unbranched alkanes of at least 4 members (excludes halogenated alkanes) is 1. The second-order valence-corrected chi connectivity index (χ2v) is 13.6. The van der Waals surface area contributed by atoms with Gasteiger partial charge in [-0.1, -0.05) is 58.0 Å². The number of carbonyl (C=O) groups excluding carboxylic acids is 5. The Balaban J connectivity index is 2.03. The minimum Gasteiger partial charge on any atom is -0.445 e. The zero-order chi connectivity index (χ0) is 35.1. The zero-order valence-electron chi connectivity index (χ0n) is 29.0. The van der Waals surface area contributed by atoms with Crippen LogP contribution in [0.3, 0.4) is 0 Å². The first kappa shape index (κ1) is 39.3. The van der Waals surface area contributed by atoms with Crippen molar-refractivity contribution in [1.82, 2.24) is 26.2 Å². The molecule has 5 amide bonds. The van der Waals surface area contributed by atoms with E-state index in [0.29, 0.717) is 38.8 Å². The maximum absolute atomic E-state index is 13.8. The van der Waals surface area contributed by atoms with Crippen molar-refractivity contribution in [2.24, 2.45) is 11.8 Å². The van der Waals surface area contributed by atoms with Crippen LogP contribution >= 0.6 is 0 Å². The molecule has 0 radical (unpaired) electrons. The quantitative estimate of drug-likeness (QED) is 0.168. The van der Waals surface area contributed by atoms with Gasteiger partial charge in [0.2, 0.25) is 17.7 Å². The predicted molar refractivity (Wildman–Crippen MR) is 177 cm³/mol. The van der Waals surface area contributed by atoms with Crippen LogP contribution < -0.4 is 21.3 Å². The molecule has 0 aliphatic carbocycles. The lowest BCUT2D eigenvalue weighted by Crippen LogP contribution is -2.59. The summed E-state index contributed by atoms with van der Waals surface area (Å²) in [5.74, 6) is -1.58. The van der Waals surface area contributed by atoms with Crippen LogP contribution in [0.1, 0.15) is 86.1 Å². The maximum Gasteiger partial charge on any atom is 0.408 e. The van der Waals surface area contributed by atoms with Crippen molar-refractivity contribution >= 4 is 29.9 Å². The molecule has 0 unspecified atom stereocenters. The first-order valence-electron chi connectivity index (χ1n) is 16.6. The molecular weight excluding hydrogens is 606 g/mol. The highest BCUT2D eigenvalue weighted by Gasteiger charge is 2.40. The first-order chi connectivity index (χ1) is 22.1. The molecule has 0 saturated carbocycles. The number of benzene rings is 1. The number of aliphatic hydroxyl groups excluding tert-OH is 1. The molecule has 1 aromatic rings. The number of alkyl carbamates (subject to hydrolysis) is 2. The largest absolute Gasteiger partial charge is 0.445 e. The molecule has 1 aliphatic heterocycles. The van der Waals surface area contributed by atoms with Crippen molar-refractivity contribution < 1.29 is 38.6 Å². The second-order valence-electron chi connectivity index (χ2n) is 13.6. The van der Waals surface area contributed by atoms with Gasteiger partial charge in [-0.05, 0) is 70.3 Å². The Hall–Kier alpha value is -3.87. The standard InChI is InChI=1S/C34H55N5O8/c1-22(2)26(20-40)36-30(42)27-17-13-19-39(27)31(43)28(23(3)4)38-29(41)25(37-33(45)47-34(5,6)7)16-11-12-18-35-32(44)46-21-24-14-9-8-10-15-24/h8-10,14-15,22-23,25-28,40H,11-13,16-21H2,1-7H3,(H,35,44)(H,36,42)(H,37,45)(H,38,41)/t25-,26+,27-,28-/m0/s1. The Labute approximate surface area is 278 Å². The molecule has 1 fully saturated rings. The van der Waals surface area contributed by atoms with Crippen molar-refractivity contribution in [3.8, 4) is 0 Å². The van der Waals surface area contributed by atoms with E-state index in [1.165, 1.54) is 4.90 Å². The fourth-order valence-electron chi connectivity index (χ4n) is 5.11. The van der Waals surface area contributed by atoms with E-state index >= 15 is 0 Å². The highest BCUT2D eigenvalue weighted by Crippen LogP contribution is 2.21. The average Bonchev–Trinajstić information content (AvgIpc) is 3.50. The van der Waals surface area contributed by atoms with Crippen molar-refractivity contribution in [2.75, 3.05) is 19.7 Å². The molecule has 0 spiro atoms. The topological polar surface area (TPSA) is 175 Å². The molecule has 1 aromatic carbocycles. The zero-order valence-corrected chi connectivity index (χ0v) is 29.0. The summed E-state index contributed by atoms with van der Waals surface area (Å²) in [6.07, 6.45) is 0.961. The molecule has 1 saturated heterocycles. The van der Waals surface area contributed by atoms with Gasteiger partial charge in [0.05, 0.1) is 12.6 Å². The van der Waals surface area contributed by atoms with Crippen molar-refractivity contribution in [2.45, 2.75) is 117 Å². The lowest BCUT2D eigenvalue weighted by molar-refractivity contribution is -0.143. The first-order valence-corrected chi connectivity index (χ1v) is 16.6. The molecule has 13 nitrogen and oxygen atoms in total. The van der Waals surface area contributed by atoms with Crippen LogP contribution in [0.15, 0.2) is 30.3 Å². The fraction of sp³-hybridized carbons (Fsp3) is 0.676. The monoisotopic (exact) mass is 661 g/mol. The Morgan fingerprint density at radius 3 is 2.21 bits per heavy atom. The highest BCUT2D eigenvalue weighted by atomic mass is 16.6. The summed E-state index contributed by atoms with van der Waals surface area (Å²) < 4.78 is 10.6. The molecule has 2 rings (SSSR count). The van der Waals surface area contributed by atoms with E-state index in [2.05, 4.69) is 21.3 Å². The van der Waals surface area contributed by atoms with Crippen LogP contribution in [0.5, 0.6) is 0 Å². The predicted octanol–water partition coefficient (Wildman–Crippen LogP) is 3.24. The molecule has 13 heteroatoms. The van der Waals surface area contributed by atoms with Gasteiger partial charge in [0.15, 0.2) is 0 Å². The highest BCUT2D eigenvalue weighted by molar-refractivity contribution is 5.94. The summed E-state index contributed by atoms with van der Waals surface area (Å²) in [7, 11) is 0. The van der Waals surface area contributed by atoms with Crippen LogP contribution in [0, 0.1) is 11.8 Å².